The van der Waals surface area contributed by atoms with Crippen LogP contribution in [0.2, 0.25) is 0 Å². The fourth-order valence-electron chi connectivity index (χ4n) is 2.82. The fraction of sp³-hybridized carbons (Fsp3) is 0.250. The van der Waals surface area contributed by atoms with Crippen molar-refractivity contribution >= 4 is 0 Å². The van der Waals surface area contributed by atoms with E-state index in [0.29, 0.717) is 5.92 Å². The Morgan fingerprint density at radius 2 is 1.29 bits per heavy atom. The summed E-state index contributed by atoms with van der Waals surface area (Å²) in [5.74, 6) is 0.525. The highest BCUT2D eigenvalue weighted by molar-refractivity contribution is 5.78. The van der Waals surface area contributed by atoms with Crippen LogP contribution in [0.3, 0.4) is 0 Å². The lowest BCUT2D eigenvalue weighted by Crippen LogP contribution is -2.19. The third kappa shape index (κ3) is 1.67. The van der Waals surface area contributed by atoms with Crippen LogP contribution in [0, 0.1) is 0 Å². The molecular formula is C16H17N. The first-order valence-electron chi connectivity index (χ1n) is 6.10. The second-order valence-corrected chi connectivity index (χ2v) is 4.99. The van der Waals surface area contributed by atoms with E-state index in [1.165, 1.54) is 22.3 Å². The Bertz CT molecular complexity index is 497. The Labute approximate surface area is 103 Å². The van der Waals surface area contributed by atoms with Crippen LogP contribution in [0.1, 0.15) is 17.0 Å². The molecule has 0 bridgehead atoms. The summed E-state index contributed by atoms with van der Waals surface area (Å²) in [5.41, 5.74) is 5.77. The van der Waals surface area contributed by atoms with Gasteiger partial charge in [-0.3, -0.25) is 0 Å². The molecule has 1 aliphatic rings. The largest absolute Gasteiger partial charge is 0.308 e. The highest BCUT2D eigenvalue weighted by atomic mass is 15.1. The van der Waals surface area contributed by atoms with E-state index in [9.17, 15) is 0 Å². The molecule has 0 amide bonds. The fourth-order valence-corrected chi connectivity index (χ4v) is 2.82. The maximum absolute atomic E-state index is 2.27. The number of hydrogen-bond acceptors (Lipinski definition) is 1. The van der Waals surface area contributed by atoms with Crippen molar-refractivity contribution in [3.8, 4) is 11.1 Å². The van der Waals surface area contributed by atoms with Gasteiger partial charge in [0.1, 0.15) is 0 Å². The molecule has 0 fully saturated rings. The molecule has 0 radical (unpaired) electrons. The molecule has 0 heterocycles. The van der Waals surface area contributed by atoms with E-state index in [4.69, 9.17) is 0 Å². The maximum atomic E-state index is 2.27. The zero-order valence-corrected chi connectivity index (χ0v) is 10.4. The number of hydrogen-bond donors (Lipinski definition) is 0. The third-order valence-electron chi connectivity index (χ3n) is 3.51. The average molecular weight is 223 g/mol. The molecular weight excluding hydrogens is 206 g/mol. The molecule has 0 saturated carbocycles. The molecule has 2 aromatic carbocycles. The first-order chi connectivity index (χ1) is 8.27. The summed E-state index contributed by atoms with van der Waals surface area (Å²) in [6.45, 7) is 1.08. The van der Waals surface area contributed by atoms with Gasteiger partial charge >= 0.3 is 0 Å². The van der Waals surface area contributed by atoms with Crippen LogP contribution in [0.5, 0.6) is 0 Å². The molecule has 1 nitrogen and oxygen atoms in total. The number of likely N-dealkylation sites (N-methyl/N-ethyl adjacent to an activating group) is 1. The Morgan fingerprint density at radius 1 is 0.824 bits per heavy atom. The topological polar surface area (TPSA) is 3.24 Å². The highest BCUT2D eigenvalue weighted by Crippen LogP contribution is 2.44. The summed E-state index contributed by atoms with van der Waals surface area (Å²) in [4.78, 5) is 2.27. The summed E-state index contributed by atoms with van der Waals surface area (Å²) in [6.07, 6.45) is 0. The molecule has 0 unspecified atom stereocenters. The van der Waals surface area contributed by atoms with E-state index in [2.05, 4.69) is 67.5 Å². The van der Waals surface area contributed by atoms with Gasteiger partial charge in [-0.25, -0.2) is 0 Å². The molecule has 0 saturated heterocycles. The Kier molecular flexibility index (Phi) is 2.49. The van der Waals surface area contributed by atoms with Crippen molar-refractivity contribution in [1.82, 2.24) is 4.90 Å². The maximum Gasteiger partial charge on any atom is 0.0229 e. The minimum Gasteiger partial charge on any atom is -0.308 e. The van der Waals surface area contributed by atoms with E-state index >= 15 is 0 Å². The average Bonchev–Trinajstić information content (AvgIpc) is 2.65. The molecule has 0 N–H and O–H groups in total. The number of fused-ring (bicyclic) bond motifs is 3. The predicted molar refractivity (Wildman–Crippen MR) is 72.3 cm³/mol. The van der Waals surface area contributed by atoms with Gasteiger partial charge in [-0.05, 0) is 36.3 Å². The Balaban J connectivity index is 2.17. The molecule has 0 atom stereocenters. The number of benzene rings is 2. The lowest BCUT2D eigenvalue weighted by atomic mass is 9.97. The second kappa shape index (κ2) is 4.01. The van der Waals surface area contributed by atoms with Gasteiger partial charge in [0.15, 0.2) is 0 Å². The van der Waals surface area contributed by atoms with Crippen LogP contribution in [-0.2, 0) is 0 Å². The molecule has 0 spiro atoms. The molecule has 0 aliphatic heterocycles. The molecule has 86 valence electrons. The summed E-state index contributed by atoms with van der Waals surface area (Å²) >= 11 is 0. The zero-order chi connectivity index (χ0) is 11.8. The van der Waals surface area contributed by atoms with Crippen molar-refractivity contribution in [2.45, 2.75) is 5.92 Å². The quantitative estimate of drug-likeness (QED) is 0.754. The highest BCUT2D eigenvalue weighted by Gasteiger charge is 2.27. The van der Waals surface area contributed by atoms with Crippen LogP contribution in [-0.4, -0.2) is 25.5 Å². The normalized spacial score (nSPS) is 13.8. The Hall–Kier alpha value is -1.60. The summed E-state index contributed by atoms with van der Waals surface area (Å²) in [6, 6.07) is 17.6. The molecule has 1 heteroatoms. The molecule has 2 aromatic rings. The smallest absolute Gasteiger partial charge is 0.0229 e. The van der Waals surface area contributed by atoms with Crippen LogP contribution in [0.15, 0.2) is 48.5 Å². The van der Waals surface area contributed by atoms with Gasteiger partial charge < -0.3 is 4.90 Å². The van der Waals surface area contributed by atoms with Crippen LogP contribution in [0.25, 0.3) is 11.1 Å². The molecule has 3 rings (SSSR count). The van der Waals surface area contributed by atoms with E-state index in [0.717, 1.165) is 6.54 Å². The van der Waals surface area contributed by atoms with Gasteiger partial charge in [-0.15, -0.1) is 0 Å². The molecule has 1 aliphatic carbocycles. The molecule has 17 heavy (non-hydrogen) atoms. The first-order valence-corrected chi connectivity index (χ1v) is 6.10. The van der Waals surface area contributed by atoms with Gasteiger partial charge in [0.25, 0.3) is 0 Å². The van der Waals surface area contributed by atoms with Crippen LogP contribution < -0.4 is 0 Å². The second-order valence-electron chi connectivity index (χ2n) is 4.99. The van der Waals surface area contributed by atoms with Crippen molar-refractivity contribution < 1.29 is 0 Å². The lowest BCUT2D eigenvalue weighted by molar-refractivity contribution is 0.394. The van der Waals surface area contributed by atoms with Gasteiger partial charge in [-0.1, -0.05) is 48.5 Å². The minimum absolute atomic E-state index is 0.525. The first kappa shape index (κ1) is 10.5. The van der Waals surface area contributed by atoms with Gasteiger partial charge in [0.05, 0.1) is 0 Å². The van der Waals surface area contributed by atoms with Gasteiger partial charge in [0.2, 0.25) is 0 Å². The predicted octanol–water partition coefficient (Wildman–Crippen LogP) is 3.36. The third-order valence-corrected chi connectivity index (χ3v) is 3.51. The monoisotopic (exact) mass is 223 g/mol. The van der Waals surface area contributed by atoms with Crippen molar-refractivity contribution in [3.05, 3.63) is 59.7 Å². The number of nitrogens with zero attached hydrogens (tertiary/aromatic N) is 1. The summed E-state index contributed by atoms with van der Waals surface area (Å²) < 4.78 is 0. The number of rotatable bonds is 2. The standard InChI is InChI=1S/C16H17N/c1-17(2)11-16-14-9-5-3-7-12(14)13-8-4-6-10-15(13)16/h3-10,16H,11H2,1-2H3. The van der Waals surface area contributed by atoms with Crippen LogP contribution in [0.4, 0.5) is 0 Å². The Morgan fingerprint density at radius 3 is 1.76 bits per heavy atom. The van der Waals surface area contributed by atoms with Crippen molar-refractivity contribution in [2.24, 2.45) is 0 Å². The summed E-state index contributed by atoms with van der Waals surface area (Å²) in [5, 5.41) is 0. The zero-order valence-electron chi connectivity index (χ0n) is 10.4. The van der Waals surface area contributed by atoms with Crippen molar-refractivity contribution in [3.63, 3.8) is 0 Å². The SMILES string of the molecule is CN(C)CC1c2ccccc2-c2ccccc21. The van der Waals surface area contributed by atoms with E-state index in [1.54, 1.807) is 0 Å². The minimum atomic E-state index is 0.525. The van der Waals surface area contributed by atoms with E-state index in [1.807, 2.05) is 0 Å². The van der Waals surface area contributed by atoms with Gasteiger partial charge in [0, 0.05) is 12.5 Å². The van der Waals surface area contributed by atoms with Crippen molar-refractivity contribution in [1.29, 1.82) is 0 Å². The van der Waals surface area contributed by atoms with Crippen molar-refractivity contribution in [2.75, 3.05) is 20.6 Å². The van der Waals surface area contributed by atoms with E-state index < -0.39 is 0 Å². The van der Waals surface area contributed by atoms with Gasteiger partial charge in [-0.2, -0.15) is 0 Å². The molecule has 0 aromatic heterocycles. The van der Waals surface area contributed by atoms with Crippen LogP contribution >= 0.6 is 0 Å². The van der Waals surface area contributed by atoms with E-state index in [-0.39, 0.29) is 0 Å². The lowest BCUT2D eigenvalue weighted by Gasteiger charge is -2.18. The summed E-state index contributed by atoms with van der Waals surface area (Å²) in [7, 11) is 4.28.